The van der Waals surface area contributed by atoms with Gasteiger partial charge in [0.1, 0.15) is 0 Å². The Bertz CT molecular complexity index is 249. The Morgan fingerprint density at radius 2 is 0.810 bits per heavy atom. The van der Waals surface area contributed by atoms with Crippen LogP contribution in [-0.2, 0) is 13.3 Å². The molecule has 0 aliphatic rings. The molecule has 0 N–H and O–H groups in total. The minimum Gasteiger partial charge on any atom is -0.373 e. The molecule has 0 unspecified atom stereocenters. The van der Waals surface area contributed by atoms with E-state index >= 15 is 0 Å². The van der Waals surface area contributed by atoms with Gasteiger partial charge in [-0.25, -0.2) is 0 Å². The Morgan fingerprint density at radius 1 is 0.571 bits per heavy atom. The van der Waals surface area contributed by atoms with Crippen molar-refractivity contribution in [3.8, 4) is 0 Å². The summed E-state index contributed by atoms with van der Waals surface area (Å²) in [7, 11) is -2.60. The molecular formula is C17H38O3Si. The Hall–Kier alpha value is 0.0969. The highest BCUT2D eigenvalue weighted by Gasteiger charge is 2.42. The average Bonchev–Trinajstić information content (AvgIpc) is 2.25. The molecule has 0 aromatic carbocycles. The lowest BCUT2D eigenvalue weighted by molar-refractivity contribution is 0.00475. The van der Waals surface area contributed by atoms with Crippen molar-refractivity contribution in [2.75, 3.05) is 19.8 Å². The first kappa shape index (κ1) is 21.1. The van der Waals surface area contributed by atoms with Gasteiger partial charge in [0.2, 0.25) is 0 Å². The van der Waals surface area contributed by atoms with Crippen LogP contribution in [0.4, 0.5) is 0 Å². The van der Waals surface area contributed by atoms with Gasteiger partial charge in [0.15, 0.2) is 0 Å². The predicted octanol–water partition coefficient (Wildman–Crippen LogP) is 5.13. The van der Waals surface area contributed by atoms with Gasteiger partial charge in [-0.15, -0.1) is 0 Å². The third-order valence-corrected chi connectivity index (χ3v) is 5.23. The molecule has 21 heavy (non-hydrogen) atoms. The monoisotopic (exact) mass is 318 g/mol. The zero-order valence-corrected chi connectivity index (χ0v) is 17.1. The van der Waals surface area contributed by atoms with Crippen molar-refractivity contribution < 1.29 is 13.3 Å². The van der Waals surface area contributed by atoms with E-state index in [-0.39, 0.29) is 16.2 Å². The van der Waals surface area contributed by atoms with Crippen molar-refractivity contribution in [2.24, 2.45) is 16.2 Å². The van der Waals surface area contributed by atoms with E-state index in [0.29, 0.717) is 19.8 Å². The van der Waals surface area contributed by atoms with Crippen LogP contribution in [0, 0.1) is 16.2 Å². The molecule has 4 heteroatoms. The van der Waals surface area contributed by atoms with Gasteiger partial charge in [0, 0.05) is 25.9 Å². The number of hydrogen-bond acceptors (Lipinski definition) is 3. The van der Waals surface area contributed by atoms with Crippen LogP contribution in [0.15, 0.2) is 0 Å². The number of rotatable bonds is 7. The van der Waals surface area contributed by atoms with Crippen LogP contribution in [0.3, 0.4) is 0 Å². The van der Waals surface area contributed by atoms with Crippen molar-refractivity contribution in [1.82, 2.24) is 0 Å². The molecule has 128 valence electrons. The highest BCUT2D eigenvalue weighted by atomic mass is 28.4. The van der Waals surface area contributed by atoms with Gasteiger partial charge >= 0.3 is 8.80 Å². The fraction of sp³-hybridized carbons (Fsp3) is 1.00. The van der Waals surface area contributed by atoms with E-state index < -0.39 is 8.80 Å². The van der Waals surface area contributed by atoms with E-state index in [1.54, 1.807) is 0 Å². The minimum absolute atomic E-state index is 0.115. The smallest absolute Gasteiger partial charge is 0.373 e. The van der Waals surface area contributed by atoms with Crippen molar-refractivity contribution in [2.45, 2.75) is 75.3 Å². The molecule has 0 aliphatic carbocycles. The van der Waals surface area contributed by atoms with Gasteiger partial charge in [-0.2, -0.15) is 0 Å². The first-order valence-electron chi connectivity index (χ1n) is 8.10. The van der Waals surface area contributed by atoms with Crippen LogP contribution in [0.1, 0.15) is 69.2 Å². The first-order valence-corrected chi connectivity index (χ1v) is 10.0. The minimum atomic E-state index is -2.60. The predicted molar refractivity (Wildman–Crippen MR) is 92.5 cm³/mol. The second-order valence-electron chi connectivity index (χ2n) is 9.58. The average molecular weight is 319 g/mol. The van der Waals surface area contributed by atoms with E-state index in [1.807, 2.05) is 0 Å². The maximum atomic E-state index is 6.23. The third-order valence-electron chi connectivity index (χ3n) is 2.61. The van der Waals surface area contributed by atoms with E-state index in [2.05, 4.69) is 69.2 Å². The zero-order valence-electron chi connectivity index (χ0n) is 16.1. The molecule has 0 atom stereocenters. The summed E-state index contributed by atoms with van der Waals surface area (Å²) in [4.78, 5) is 0. The Kier molecular flexibility index (Phi) is 7.61. The van der Waals surface area contributed by atoms with E-state index in [0.717, 1.165) is 6.04 Å². The lowest BCUT2D eigenvalue weighted by Gasteiger charge is -2.35. The molecule has 0 rings (SSSR count). The largest absolute Gasteiger partial charge is 0.500 e. The van der Waals surface area contributed by atoms with Crippen LogP contribution in [-0.4, -0.2) is 28.6 Å². The van der Waals surface area contributed by atoms with Crippen molar-refractivity contribution in [3.63, 3.8) is 0 Å². The standard InChI is InChI=1S/C17H38O3Si/c1-11-21(18-12-15(2,3)4,19-13-16(5,6)7)20-14-17(8,9)10/h11-14H2,1-10H3. The van der Waals surface area contributed by atoms with Crippen LogP contribution in [0.25, 0.3) is 0 Å². The van der Waals surface area contributed by atoms with Gasteiger partial charge in [0.05, 0.1) is 0 Å². The highest BCUT2D eigenvalue weighted by Crippen LogP contribution is 2.26. The molecule has 3 nitrogen and oxygen atoms in total. The maximum Gasteiger partial charge on any atom is 0.500 e. The van der Waals surface area contributed by atoms with Gasteiger partial charge in [-0.3, -0.25) is 0 Å². The highest BCUT2D eigenvalue weighted by molar-refractivity contribution is 6.60. The van der Waals surface area contributed by atoms with Crippen molar-refractivity contribution >= 4 is 8.80 Å². The molecule has 0 saturated carbocycles. The quantitative estimate of drug-likeness (QED) is 0.609. The molecule has 0 bridgehead atoms. The molecular weight excluding hydrogens is 280 g/mol. The summed E-state index contributed by atoms with van der Waals surface area (Å²) in [5.41, 5.74) is 0.344. The zero-order chi connectivity index (χ0) is 16.9. The topological polar surface area (TPSA) is 27.7 Å². The molecule has 0 saturated heterocycles. The molecule has 0 aromatic heterocycles. The van der Waals surface area contributed by atoms with Crippen molar-refractivity contribution in [3.05, 3.63) is 0 Å². The van der Waals surface area contributed by atoms with E-state index in [4.69, 9.17) is 13.3 Å². The van der Waals surface area contributed by atoms with E-state index in [1.165, 1.54) is 0 Å². The first-order chi connectivity index (χ1) is 9.18. The van der Waals surface area contributed by atoms with Crippen LogP contribution < -0.4 is 0 Å². The second-order valence-corrected chi connectivity index (χ2v) is 12.5. The van der Waals surface area contributed by atoms with Gasteiger partial charge in [-0.1, -0.05) is 69.2 Å². The Labute approximate surface area is 134 Å². The van der Waals surface area contributed by atoms with Crippen LogP contribution in [0.2, 0.25) is 6.04 Å². The lowest BCUT2D eigenvalue weighted by Crippen LogP contribution is -2.49. The summed E-state index contributed by atoms with van der Waals surface area (Å²) in [5, 5.41) is 0. The summed E-state index contributed by atoms with van der Waals surface area (Å²) >= 11 is 0. The normalized spacial score (nSPS) is 14.6. The summed E-state index contributed by atoms with van der Waals surface area (Å²) in [5.74, 6) is 0. The SMILES string of the molecule is CC[Si](OCC(C)(C)C)(OCC(C)(C)C)OCC(C)(C)C. The molecule has 0 spiro atoms. The maximum absolute atomic E-state index is 6.23. The molecule has 0 amide bonds. The van der Waals surface area contributed by atoms with E-state index in [9.17, 15) is 0 Å². The Morgan fingerprint density at radius 3 is 0.952 bits per heavy atom. The summed E-state index contributed by atoms with van der Waals surface area (Å²) in [6.07, 6.45) is 0. The van der Waals surface area contributed by atoms with Gasteiger partial charge in [0.25, 0.3) is 0 Å². The molecule has 0 aromatic rings. The van der Waals surface area contributed by atoms with Crippen LogP contribution in [0.5, 0.6) is 0 Å². The number of hydrogen-bond donors (Lipinski definition) is 0. The third kappa shape index (κ3) is 11.3. The van der Waals surface area contributed by atoms with Gasteiger partial charge in [-0.05, 0) is 16.2 Å². The summed E-state index contributed by atoms with van der Waals surface area (Å²) in [6.45, 7) is 23.7. The molecule has 0 fully saturated rings. The summed E-state index contributed by atoms with van der Waals surface area (Å²) in [6, 6.07) is 0.815. The van der Waals surface area contributed by atoms with Gasteiger partial charge < -0.3 is 13.3 Å². The Balaban J connectivity index is 4.91. The van der Waals surface area contributed by atoms with Crippen molar-refractivity contribution in [1.29, 1.82) is 0 Å². The second kappa shape index (κ2) is 7.58. The molecule has 0 radical (unpaired) electrons. The fourth-order valence-corrected chi connectivity index (χ4v) is 4.23. The summed E-state index contributed by atoms with van der Waals surface area (Å²) < 4.78 is 18.7. The molecule has 0 aliphatic heterocycles. The lowest BCUT2D eigenvalue weighted by atomic mass is 9.99. The fourth-order valence-electron chi connectivity index (χ4n) is 1.41. The molecule has 0 heterocycles. The van der Waals surface area contributed by atoms with Crippen LogP contribution >= 0.6 is 0 Å².